The highest BCUT2D eigenvalue weighted by Crippen LogP contribution is 2.36. The Labute approximate surface area is 154 Å². The van der Waals surface area contributed by atoms with Gasteiger partial charge in [0.25, 0.3) is 0 Å². The average molecular weight is 403 g/mol. The van der Waals surface area contributed by atoms with Crippen LogP contribution in [-0.4, -0.2) is 28.5 Å². The molecule has 2 aromatic carbocycles. The number of hydrogen-bond donors (Lipinski definition) is 1. The Morgan fingerprint density at radius 3 is 2.72 bits per heavy atom. The normalized spacial score (nSPS) is 10.5. The molecule has 0 aliphatic carbocycles. The lowest BCUT2D eigenvalue weighted by molar-refractivity contribution is 0.308. The highest BCUT2D eigenvalue weighted by molar-refractivity contribution is 9.10. The van der Waals surface area contributed by atoms with E-state index in [9.17, 15) is 0 Å². The topological polar surface area (TPSA) is 61.2 Å². The van der Waals surface area contributed by atoms with Gasteiger partial charge in [-0.15, -0.1) is 10.2 Å². The highest BCUT2D eigenvalue weighted by Gasteiger charge is 2.12. The third kappa shape index (κ3) is 3.93. The van der Waals surface area contributed by atoms with Crippen molar-refractivity contribution in [3.63, 3.8) is 0 Å². The number of aromatic nitrogens is 3. The summed E-state index contributed by atoms with van der Waals surface area (Å²) in [5.74, 6) is 2.08. The molecule has 0 fully saturated rings. The zero-order chi connectivity index (χ0) is 17.6. The summed E-state index contributed by atoms with van der Waals surface area (Å²) in [4.78, 5) is 0. The summed E-state index contributed by atoms with van der Waals surface area (Å²) in [6.07, 6.45) is 1.69. The smallest absolute Gasteiger partial charge is 0.229 e. The van der Waals surface area contributed by atoms with E-state index in [0.29, 0.717) is 30.6 Å². The van der Waals surface area contributed by atoms with Gasteiger partial charge in [0.2, 0.25) is 5.95 Å². The van der Waals surface area contributed by atoms with Gasteiger partial charge in [0, 0.05) is 6.54 Å². The monoisotopic (exact) mass is 402 g/mol. The predicted molar refractivity (Wildman–Crippen MR) is 101 cm³/mol. The van der Waals surface area contributed by atoms with Crippen molar-refractivity contribution in [2.24, 2.45) is 0 Å². The molecule has 0 bridgehead atoms. The average Bonchev–Trinajstić information content (AvgIpc) is 3.11. The molecule has 3 rings (SSSR count). The SMILES string of the molecule is CCOc1c(Br)cc(CNc2nncn2-c2ccccc2)cc1OC. The van der Waals surface area contributed by atoms with E-state index in [1.165, 1.54) is 0 Å². The van der Waals surface area contributed by atoms with Crippen molar-refractivity contribution in [3.8, 4) is 17.2 Å². The highest BCUT2D eigenvalue weighted by atomic mass is 79.9. The standard InChI is InChI=1S/C18H19BrN4O2/c1-3-25-17-15(19)9-13(10-16(17)24-2)11-20-18-22-21-12-23(18)14-7-5-4-6-8-14/h4-10,12H,3,11H2,1-2H3,(H,20,22). The van der Waals surface area contributed by atoms with Gasteiger partial charge in [-0.1, -0.05) is 18.2 Å². The molecule has 0 aliphatic heterocycles. The molecule has 1 heterocycles. The lowest BCUT2D eigenvalue weighted by atomic mass is 10.2. The first-order valence-electron chi connectivity index (χ1n) is 7.91. The lowest BCUT2D eigenvalue weighted by Crippen LogP contribution is -2.07. The number of halogens is 1. The van der Waals surface area contributed by atoms with Crippen LogP contribution in [-0.2, 0) is 6.54 Å². The summed E-state index contributed by atoms with van der Waals surface area (Å²) in [6.45, 7) is 3.09. The van der Waals surface area contributed by atoms with Crippen LogP contribution in [0.1, 0.15) is 12.5 Å². The van der Waals surface area contributed by atoms with Crippen molar-refractivity contribution in [2.75, 3.05) is 19.0 Å². The van der Waals surface area contributed by atoms with Crippen LogP contribution in [0.3, 0.4) is 0 Å². The number of ether oxygens (including phenoxy) is 2. The molecule has 25 heavy (non-hydrogen) atoms. The third-order valence-electron chi connectivity index (χ3n) is 3.61. The number of benzene rings is 2. The van der Waals surface area contributed by atoms with Gasteiger partial charge in [0.05, 0.1) is 23.9 Å². The van der Waals surface area contributed by atoms with Gasteiger partial charge < -0.3 is 14.8 Å². The van der Waals surface area contributed by atoms with Gasteiger partial charge in [-0.25, -0.2) is 0 Å². The fourth-order valence-corrected chi connectivity index (χ4v) is 3.08. The molecule has 0 aliphatic rings. The second kappa shape index (κ2) is 8.02. The lowest BCUT2D eigenvalue weighted by Gasteiger charge is -2.14. The summed E-state index contributed by atoms with van der Waals surface area (Å²) in [7, 11) is 1.63. The number of para-hydroxylation sites is 1. The molecule has 3 aromatic rings. The van der Waals surface area contributed by atoms with Crippen molar-refractivity contribution >= 4 is 21.9 Å². The van der Waals surface area contributed by atoms with Gasteiger partial charge in [-0.3, -0.25) is 4.57 Å². The Hall–Kier alpha value is -2.54. The molecule has 0 saturated carbocycles. The van der Waals surface area contributed by atoms with E-state index in [-0.39, 0.29) is 0 Å². The van der Waals surface area contributed by atoms with Crippen LogP contribution in [0.25, 0.3) is 5.69 Å². The predicted octanol–water partition coefficient (Wildman–Crippen LogP) is 4.05. The Morgan fingerprint density at radius 1 is 1.20 bits per heavy atom. The maximum atomic E-state index is 5.62. The molecular formula is C18H19BrN4O2. The molecule has 6 nitrogen and oxygen atoms in total. The first-order chi connectivity index (χ1) is 12.2. The molecule has 130 valence electrons. The molecular weight excluding hydrogens is 384 g/mol. The molecule has 0 spiro atoms. The van der Waals surface area contributed by atoms with Crippen LogP contribution >= 0.6 is 15.9 Å². The van der Waals surface area contributed by atoms with Crippen LogP contribution in [0, 0.1) is 0 Å². The molecule has 0 radical (unpaired) electrons. The van der Waals surface area contributed by atoms with E-state index in [0.717, 1.165) is 15.7 Å². The van der Waals surface area contributed by atoms with E-state index < -0.39 is 0 Å². The van der Waals surface area contributed by atoms with Gasteiger partial charge in [-0.05, 0) is 52.7 Å². The van der Waals surface area contributed by atoms with Crippen LogP contribution in [0.4, 0.5) is 5.95 Å². The minimum absolute atomic E-state index is 0.576. The van der Waals surface area contributed by atoms with Crippen LogP contribution < -0.4 is 14.8 Å². The van der Waals surface area contributed by atoms with Gasteiger partial charge in [0.15, 0.2) is 11.5 Å². The summed E-state index contributed by atoms with van der Waals surface area (Å²) >= 11 is 3.54. The van der Waals surface area contributed by atoms with Crippen molar-refractivity contribution in [1.29, 1.82) is 0 Å². The minimum atomic E-state index is 0.576. The van der Waals surface area contributed by atoms with Crippen LogP contribution in [0.2, 0.25) is 0 Å². The van der Waals surface area contributed by atoms with Gasteiger partial charge in [0.1, 0.15) is 6.33 Å². The number of methoxy groups -OCH3 is 1. The van der Waals surface area contributed by atoms with Gasteiger partial charge >= 0.3 is 0 Å². The minimum Gasteiger partial charge on any atom is -0.493 e. The Balaban J connectivity index is 1.79. The fraction of sp³-hybridized carbons (Fsp3) is 0.222. The molecule has 1 N–H and O–H groups in total. The summed E-state index contributed by atoms with van der Waals surface area (Å²) in [6, 6.07) is 13.9. The summed E-state index contributed by atoms with van der Waals surface area (Å²) in [5, 5.41) is 11.5. The molecule has 0 atom stereocenters. The molecule has 0 unspecified atom stereocenters. The maximum absolute atomic E-state index is 5.62. The maximum Gasteiger partial charge on any atom is 0.229 e. The Morgan fingerprint density at radius 2 is 2.00 bits per heavy atom. The Kier molecular flexibility index (Phi) is 5.55. The van der Waals surface area contributed by atoms with Crippen molar-refractivity contribution in [3.05, 3.63) is 58.8 Å². The first-order valence-corrected chi connectivity index (χ1v) is 8.70. The van der Waals surface area contributed by atoms with Crippen LogP contribution in [0.5, 0.6) is 11.5 Å². The zero-order valence-electron chi connectivity index (χ0n) is 14.1. The molecule has 0 amide bonds. The number of hydrogen-bond acceptors (Lipinski definition) is 5. The van der Waals surface area contributed by atoms with Crippen LogP contribution in [0.15, 0.2) is 53.3 Å². The van der Waals surface area contributed by atoms with Crippen molar-refractivity contribution in [1.82, 2.24) is 14.8 Å². The second-order valence-corrected chi connectivity index (χ2v) is 6.11. The quantitative estimate of drug-likeness (QED) is 0.645. The molecule has 7 heteroatoms. The molecule has 0 saturated heterocycles. The Bertz CT molecular complexity index is 836. The van der Waals surface area contributed by atoms with Gasteiger partial charge in [-0.2, -0.15) is 0 Å². The number of nitrogens with zero attached hydrogens (tertiary/aromatic N) is 3. The third-order valence-corrected chi connectivity index (χ3v) is 4.20. The van der Waals surface area contributed by atoms with Crippen molar-refractivity contribution < 1.29 is 9.47 Å². The second-order valence-electron chi connectivity index (χ2n) is 5.26. The number of nitrogens with one attached hydrogen (secondary N) is 1. The molecule has 1 aromatic heterocycles. The van der Waals surface area contributed by atoms with E-state index in [4.69, 9.17) is 9.47 Å². The summed E-state index contributed by atoms with van der Waals surface area (Å²) < 4.78 is 13.8. The van der Waals surface area contributed by atoms with Crippen molar-refractivity contribution in [2.45, 2.75) is 13.5 Å². The summed E-state index contributed by atoms with van der Waals surface area (Å²) in [5.41, 5.74) is 2.04. The van der Waals surface area contributed by atoms with E-state index in [1.54, 1.807) is 13.4 Å². The zero-order valence-corrected chi connectivity index (χ0v) is 15.7. The number of anilines is 1. The van der Waals surface area contributed by atoms with E-state index in [1.807, 2.05) is 54.0 Å². The van der Waals surface area contributed by atoms with E-state index in [2.05, 4.69) is 31.4 Å². The largest absolute Gasteiger partial charge is 0.493 e. The van der Waals surface area contributed by atoms with E-state index >= 15 is 0 Å². The first kappa shape index (κ1) is 17.3. The fourth-order valence-electron chi connectivity index (χ4n) is 2.47. The number of rotatable bonds is 7.